The third kappa shape index (κ3) is 5.35. The number of hydrogen-bond donors (Lipinski definition) is 2. The van der Waals surface area contributed by atoms with Gasteiger partial charge >= 0.3 is 12.1 Å². The first-order chi connectivity index (χ1) is 15.4. The smallest absolute Gasteiger partial charge is 0.407 e. The van der Waals surface area contributed by atoms with Crippen molar-refractivity contribution in [2.45, 2.75) is 31.2 Å². The highest BCUT2D eigenvalue weighted by Gasteiger charge is 2.30. The highest BCUT2D eigenvalue weighted by atomic mass is 16.5. The lowest BCUT2D eigenvalue weighted by atomic mass is 9.98. The molecule has 1 unspecified atom stereocenters. The highest BCUT2D eigenvalue weighted by molar-refractivity contribution is 5.86. The monoisotopic (exact) mass is 436 g/mol. The second kappa shape index (κ2) is 10.6. The zero-order valence-corrected chi connectivity index (χ0v) is 18.1. The lowest BCUT2D eigenvalue weighted by Crippen LogP contribution is -2.48. The Bertz CT molecular complexity index is 958. The van der Waals surface area contributed by atoms with Crippen molar-refractivity contribution in [1.29, 1.82) is 0 Å². The average Bonchev–Trinajstić information content (AvgIpc) is 3.12. The number of nitrogens with zero attached hydrogens (tertiary/aromatic N) is 1. The normalized spacial score (nSPS) is 12.9. The molecule has 2 amide bonds. The fourth-order valence-corrected chi connectivity index (χ4v) is 3.97. The molecule has 2 aromatic rings. The van der Waals surface area contributed by atoms with Gasteiger partial charge in [0.2, 0.25) is 5.91 Å². The Balaban J connectivity index is 1.66. The standard InChI is InChI=1S/C25H28N2O5/c1-3-4-15-27(2)24(30)22(13-14-23(28)29)26-25(31)32-16-21-19-11-7-5-9-17(19)18-10-6-8-12-20(18)21/h3,5-12,21-22H,1,4,13-16H2,2H3,(H,26,31)(H,28,29). The molecule has 3 rings (SSSR count). The van der Waals surface area contributed by atoms with E-state index in [9.17, 15) is 14.4 Å². The summed E-state index contributed by atoms with van der Waals surface area (Å²) in [6, 6.07) is 15.0. The first-order valence-corrected chi connectivity index (χ1v) is 10.6. The number of benzene rings is 2. The molecule has 7 nitrogen and oxygen atoms in total. The van der Waals surface area contributed by atoms with Crippen LogP contribution in [0.15, 0.2) is 61.2 Å². The molecular formula is C25H28N2O5. The number of carbonyl (C=O) groups is 3. The molecule has 0 saturated carbocycles. The molecule has 2 N–H and O–H groups in total. The average molecular weight is 437 g/mol. The minimum atomic E-state index is -1.04. The number of rotatable bonds is 10. The maximum atomic E-state index is 12.7. The topological polar surface area (TPSA) is 95.9 Å². The van der Waals surface area contributed by atoms with Crippen molar-refractivity contribution in [3.63, 3.8) is 0 Å². The Labute approximate surface area is 187 Å². The lowest BCUT2D eigenvalue weighted by molar-refractivity contribution is -0.137. The number of aliphatic carboxylic acids is 1. The van der Waals surface area contributed by atoms with Crippen LogP contribution in [0.3, 0.4) is 0 Å². The van der Waals surface area contributed by atoms with Gasteiger partial charge in [-0.2, -0.15) is 0 Å². The van der Waals surface area contributed by atoms with Crippen LogP contribution in [0.1, 0.15) is 36.3 Å². The molecule has 32 heavy (non-hydrogen) atoms. The number of fused-ring (bicyclic) bond motifs is 3. The van der Waals surface area contributed by atoms with E-state index in [1.54, 1.807) is 13.1 Å². The van der Waals surface area contributed by atoms with Crippen molar-refractivity contribution in [3.8, 4) is 11.1 Å². The van der Waals surface area contributed by atoms with Gasteiger partial charge in [0.25, 0.3) is 0 Å². The van der Waals surface area contributed by atoms with Crippen molar-refractivity contribution in [1.82, 2.24) is 10.2 Å². The van der Waals surface area contributed by atoms with Crippen LogP contribution in [0.5, 0.6) is 0 Å². The number of carboxylic acids is 1. The van der Waals surface area contributed by atoms with Crippen LogP contribution in [0.25, 0.3) is 11.1 Å². The lowest BCUT2D eigenvalue weighted by Gasteiger charge is -2.24. The summed E-state index contributed by atoms with van der Waals surface area (Å²) in [5, 5.41) is 11.6. The van der Waals surface area contributed by atoms with E-state index in [0.29, 0.717) is 13.0 Å². The van der Waals surface area contributed by atoms with E-state index < -0.39 is 18.1 Å². The maximum Gasteiger partial charge on any atom is 0.407 e. The van der Waals surface area contributed by atoms with Gasteiger partial charge in [0.15, 0.2) is 0 Å². The SMILES string of the molecule is C=CCCN(C)C(=O)C(CCC(=O)O)NC(=O)OCC1c2ccccc2-c2ccccc21. The summed E-state index contributed by atoms with van der Waals surface area (Å²) in [6.45, 7) is 4.18. The Kier molecular flexibility index (Phi) is 7.65. The van der Waals surface area contributed by atoms with Crippen LogP contribution >= 0.6 is 0 Å². The van der Waals surface area contributed by atoms with Crippen molar-refractivity contribution >= 4 is 18.0 Å². The van der Waals surface area contributed by atoms with Crippen molar-refractivity contribution in [2.24, 2.45) is 0 Å². The van der Waals surface area contributed by atoms with Crippen LogP contribution in [0.2, 0.25) is 0 Å². The van der Waals surface area contributed by atoms with Gasteiger partial charge in [-0.25, -0.2) is 4.79 Å². The van der Waals surface area contributed by atoms with E-state index in [0.717, 1.165) is 22.3 Å². The molecule has 0 radical (unpaired) electrons. The van der Waals surface area contributed by atoms with Gasteiger partial charge in [0.05, 0.1) is 0 Å². The fourth-order valence-electron chi connectivity index (χ4n) is 3.97. The van der Waals surface area contributed by atoms with Crippen LogP contribution in [0.4, 0.5) is 4.79 Å². The fraction of sp³-hybridized carbons (Fsp3) is 0.320. The molecule has 168 valence electrons. The summed E-state index contributed by atoms with van der Waals surface area (Å²) in [4.78, 5) is 37.7. The van der Waals surface area contributed by atoms with E-state index in [2.05, 4.69) is 11.9 Å². The molecule has 0 saturated heterocycles. The molecule has 7 heteroatoms. The zero-order valence-electron chi connectivity index (χ0n) is 18.1. The van der Waals surface area contributed by atoms with Crippen LogP contribution in [-0.4, -0.2) is 54.2 Å². The van der Waals surface area contributed by atoms with Crippen LogP contribution < -0.4 is 5.32 Å². The zero-order chi connectivity index (χ0) is 23.1. The first-order valence-electron chi connectivity index (χ1n) is 10.6. The summed E-state index contributed by atoms with van der Waals surface area (Å²) < 4.78 is 5.50. The molecule has 0 fully saturated rings. The number of amides is 2. The molecule has 1 aliphatic rings. The second-order valence-electron chi connectivity index (χ2n) is 7.79. The molecule has 0 aromatic heterocycles. The van der Waals surface area contributed by atoms with Crippen molar-refractivity contribution in [3.05, 3.63) is 72.3 Å². The molecule has 1 atom stereocenters. The van der Waals surface area contributed by atoms with Gasteiger partial charge in [0.1, 0.15) is 12.6 Å². The second-order valence-corrected chi connectivity index (χ2v) is 7.79. The van der Waals surface area contributed by atoms with Crippen molar-refractivity contribution < 1.29 is 24.2 Å². The van der Waals surface area contributed by atoms with Crippen LogP contribution in [-0.2, 0) is 14.3 Å². The molecule has 1 aliphatic carbocycles. The molecule has 0 heterocycles. The Hall–Kier alpha value is -3.61. The number of hydrogen-bond acceptors (Lipinski definition) is 4. The third-order valence-corrected chi connectivity index (χ3v) is 5.63. The first kappa shape index (κ1) is 23.1. The Morgan fingerprint density at radius 3 is 2.28 bits per heavy atom. The van der Waals surface area contributed by atoms with Gasteiger partial charge in [-0.1, -0.05) is 54.6 Å². The predicted octanol–water partition coefficient (Wildman–Crippen LogP) is 3.79. The highest BCUT2D eigenvalue weighted by Crippen LogP contribution is 2.44. The van der Waals surface area contributed by atoms with E-state index in [1.165, 1.54) is 4.90 Å². The third-order valence-electron chi connectivity index (χ3n) is 5.63. The number of carboxylic acid groups (broad SMARTS) is 1. The van der Waals surface area contributed by atoms with Gasteiger partial charge in [-0.15, -0.1) is 6.58 Å². The van der Waals surface area contributed by atoms with Gasteiger partial charge in [0, 0.05) is 25.9 Å². The van der Waals surface area contributed by atoms with E-state index in [-0.39, 0.29) is 31.3 Å². The number of nitrogens with one attached hydrogen (secondary N) is 1. The molecule has 0 spiro atoms. The molecule has 2 aromatic carbocycles. The maximum absolute atomic E-state index is 12.7. The summed E-state index contributed by atoms with van der Waals surface area (Å²) in [6.07, 6.45) is 1.28. The van der Waals surface area contributed by atoms with E-state index in [4.69, 9.17) is 9.84 Å². The summed E-state index contributed by atoms with van der Waals surface area (Å²) in [5.41, 5.74) is 4.42. The minimum absolute atomic E-state index is 0.0171. The summed E-state index contributed by atoms with van der Waals surface area (Å²) >= 11 is 0. The molecular weight excluding hydrogens is 408 g/mol. The Morgan fingerprint density at radius 2 is 1.72 bits per heavy atom. The molecule has 0 aliphatic heterocycles. The van der Waals surface area contributed by atoms with E-state index >= 15 is 0 Å². The summed E-state index contributed by atoms with van der Waals surface area (Å²) in [5.74, 6) is -1.50. The minimum Gasteiger partial charge on any atom is -0.481 e. The number of likely N-dealkylation sites (N-methyl/N-ethyl adjacent to an activating group) is 1. The largest absolute Gasteiger partial charge is 0.481 e. The van der Waals surface area contributed by atoms with Gasteiger partial charge in [-0.05, 0) is 35.1 Å². The van der Waals surface area contributed by atoms with Gasteiger partial charge in [-0.3, -0.25) is 9.59 Å². The quantitative estimate of drug-likeness (QED) is 0.553. The summed E-state index contributed by atoms with van der Waals surface area (Å²) in [7, 11) is 1.61. The Morgan fingerprint density at radius 1 is 1.12 bits per heavy atom. The number of ether oxygens (including phenoxy) is 1. The predicted molar refractivity (Wildman–Crippen MR) is 121 cm³/mol. The van der Waals surface area contributed by atoms with E-state index in [1.807, 2.05) is 48.5 Å². The number of alkyl carbamates (subject to hydrolysis) is 1. The molecule has 0 bridgehead atoms. The van der Waals surface area contributed by atoms with Crippen LogP contribution in [0, 0.1) is 0 Å². The van der Waals surface area contributed by atoms with Crippen molar-refractivity contribution in [2.75, 3.05) is 20.2 Å². The number of carbonyl (C=O) groups excluding carboxylic acids is 2. The van der Waals surface area contributed by atoms with Gasteiger partial charge < -0.3 is 20.1 Å².